The van der Waals surface area contributed by atoms with Gasteiger partial charge in [-0.3, -0.25) is 0 Å². The maximum Gasteiger partial charge on any atom is 0.157 e. The van der Waals surface area contributed by atoms with Gasteiger partial charge in [0.25, 0.3) is 0 Å². The lowest BCUT2D eigenvalue weighted by atomic mass is 10.2. The van der Waals surface area contributed by atoms with Gasteiger partial charge in [-0.05, 0) is 17.7 Å². The molecule has 5 heteroatoms. The largest absolute Gasteiger partial charge is 0.336 e. The summed E-state index contributed by atoms with van der Waals surface area (Å²) < 4.78 is 21.2. The zero-order valence-electron chi connectivity index (χ0n) is 7.67. The summed E-state index contributed by atoms with van der Waals surface area (Å²) in [5.41, 5.74) is 1.67. The fraction of sp³-hybridized carbons (Fsp3) is 0.222. The van der Waals surface area contributed by atoms with Gasteiger partial charge in [-0.2, -0.15) is 0 Å². The molecule has 0 aliphatic carbocycles. The first kappa shape index (κ1) is 9.36. The molecule has 2 heterocycles. The molecule has 0 spiro atoms. The molecule has 1 atom stereocenters. The predicted octanol–water partition coefficient (Wildman–Crippen LogP) is 1.29. The number of hydrogen-bond donors (Lipinski definition) is 1. The van der Waals surface area contributed by atoms with E-state index in [4.69, 9.17) is 4.55 Å². The zero-order chi connectivity index (χ0) is 10.1. The van der Waals surface area contributed by atoms with Crippen LogP contribution in [0.2, 0.25) is 0 Å². The summed E-state index contributed by atoms with van der Waals surface area (Å²) in [6.45, 7) is 0. The maximum absolute atomic E-state index is 10.6. The van der Waals surface area contributed by atoms with Gasteiger partial charge in [-0.1, -0.05) is 0 Å². The van der Waals surface area contributed by atoms with E-state index in [9.17, 15) is 4.21 Å². The molecule has 0 amide bonds. The monoisotopic (exact) mass is 210 g/mol. The van der Waals surface area contributed by atoms with Crippen molar-refractivity contribution in [3.8, 4) is 0 Å². The number of fused-ring (bicyclic) bond motifs is 1. The minimum absolute atomic E-state index is 0.137. The Morgan fingerprint density at radius 2 is 2.43 bits per heavy atom. The Morgan fingerprint density at radius 1 is 1.64 bits per heavy atom. The standard InChI is InChI=1S/C9H10N2O2S/c1-11-3-2-8-4-7(6-14(12)13)5-10-9(8)11/h2-5H,6H2,1H3,(H,12,13). The first-order chi connectivity index (χ1) is 6.66. The number of pyridine rings is 1. The smallest absolute Gasteiger partial charge is 0.157 e. The summed E-state index contributed by atoms with van der Waals surface area (Å²) in [6.07, 6.45) is 3.55. The van der Waals surface area contributed by atoms with Crippen LogP contribution in [0.5, 0.6) is 0 Å². The van der Waals surface area contributed by atoms with Gasteiger partial charge < -0.3 is 9.12 Å². The molecule has 2 aromatic heterocycles. The van der Waals surface area contributed by atoms with Crippen molar-refractivity contribution in [2.45, 2.75) is 5.75 Å². The Bertz CT molecular complexity index is 493. The van der Waals surface area contributed by atoms with Crippen molar-refractivity contribution < 1.29 is 8.76 Å². The topological polar surface area (TPSA) is 55.1 Å². The van der Waals surface area contributed by atoms with Gasteiger partial charge in [0.1, 0.15) is 5.65 Å². The van der Waals surface area contributed by atoms with Crippen LogP contribution in [0.15, 0.2) is 24.5 Å². The van der Waals surface area contributed by atoms with E-state index in [2.05, 4.69) is 4.98 Å². The summed E-state index contributed by atoms with van der Waals surface area (Å²) in [5, 5.41) is 0.996. The summed E-state index contributed by atoms with van der Waals surface area (Å²) >= 11 is -1.80. The molecule has 0 saturated carbocycles. The molecule has 2 rings (SSSR count). The van der Waals surface area contributed by atoms with Crippen LogP contribution in [0.25, 0.3) is 11.0 Å². The predicted molar refractivity (Wildman–Crippen MR) is 55.2 cm³/mol. The molecule has 4 nitrogen and oxygen atoms in total. The minimum Gasteiger partial charge on any atom is -0.336 e. The molecule has 0 aliphatic heterocycles. The maximum atomic E-state index is 10.6. The highest BCUT2D eigenvalue weighted by Gasteiger charge is 2.02. The van der Waals surface area contributed by atoms with Crippen LogP contribution in [-0.4, -0.2) is 18.3 Å². The first-order valence-corrected chi connectivity index (χ1v) is 5.42. The summed E-state index contributed by atoms with van der Waals surface area (Å²) in [6, 6.07) is 3.82. The lowest BCUT2D eigenvalue weighted by molar-refractivity contribution is 0.563. The van der Waals surface area contributed by atoms with E-state index in [0.717, 1.165) is 16.6 Å². The van der Waals surface area contributed by atoms with E-state index in [1.807, 2.05) is 29.9 Å². The summed E-state index contributed by atoms with van der Waals surface area (Å²) in [4.78, 5) is 4.21. The lowest BCUT2D eigenvalue weighted by Gasteiger charge is -1.98. The van der Waals surface area contributed by atoms with Crippen LogP contribution in [0.3, 0.4) is 0 Å². The Labute approximate surface area is 83.9 Å². The van der Waals surface area contributed by atoms with Crippen molar-refractivity contribution in [3.63, 3.8) is 0 Å². The van der Waals surface area contributed by atoms with Crippen molar-refractivity contribution in [3.05, 3.63) is 30.1 Å². The molecule has 2 aromatic rings. The highest BCUT2D eigenvalue weighted by Crippen LogP contribution is 2.14. The fourth-order valence-electron chi connectivity index (χ4n) is 1.42. The van der Waals surface area contributed by atoms with Crippen LogP contribution < -0.4 is 0 Å². The molecule has 1 N–H and O–H groups in total. The zero-order valence-corrected chi connectivity index (χ0v) is 8.49. The van der Waals surface area contributed by atoms with Crippen molar-refractivity contribution in [1.29, 1.82) is 0 Å². The van der Waals surface area contributed by atoms with Gasteiger partial charge in [0.05, 0.1) is 5.75 Å². The van der Waals surface area contributed by atoms with Crippen molar-refractivity contribution >= 4 is 22.1 Å². The molecular weight excluding hydrogens is 200 g/mol. The van der Waals surface area contributed by atoms with Crippen molar-refractivity contribution in [2.24, 2.45) is 7.05 Å². The third-order valence-electron chi connectivity index (χ3n) is 2.05. The van der Waals surface area contributed by atoms with Gasteiger partial charge in [0.15, 0.2) is 11.1 Å². The Morgan fingerprint density at radius 3 is 3.14 bits per heavy atom. The van der Waals surface area contributed by atoms with E-state index in [0.29, 0.717) is 0 Å². The van der Waals surface area contributed by atoms with Gasteiger partial charge in [0.2, 0.25) is 0 Å². The molecule has 14 heavy (non-hydrogen) atoms. The van der Waals surface area contributed by atoms with Gasteiger partial charge >= 0.3 is 0 Å². The fourth-order valence-corrected chi connectivity index (χ4v) is 1.86. The Kier molecular flexibility index (Phi) is 2.35. The van der Waals surface area contributed by atoms with Crippen LogP contribution in [0, 0.1) is 0 Å². The normalized spacial score (nSPS) is 13.3. The van der Waals surface area contributed by atoms with Crippen LogP contribution in [-0.2, 0) is 23.9 Å². The van der Waals surface area contributed by atoms with Gasteiger partial charge in [-0.25, -0.2) is 9.19 Å². The number of rotatable bonds is 2. The second-order valence-electron chi connectivity index (χ2n) is 3.15. The van der Waals surface area contributed by atoms with Crippen LogP contribution in [0.1, 0.15) is 5.56 Å². The van der Waals surface area contributed by atoms with E-state index in [-0.39, 0.29) is 5.75 Å². The molecule has 0 saturated heterocycles. The van der Waals surface area contributed by atoms with Crippen LogP contribution in [0.4, 0.5) is 0 Å². The van der Waals surface area contributed by atoms with E-state index in [1.165, 1.54) is 0 Å². The average Bonchev–Trinajstić information content (AvgIpc) is 2.46. The van der Waals surface area contributed by atoms with Gasteiger partial charge in [-0.15, -0.1) is 0 Å². The SMILES string of the molecule is Cn1ccc2cc(CS(=O)O)cnc21. The van der Waals surface area contributed by atoms with E-state index in [1.54, 1.807) is 6.20 Å². The second-order valence-corrected chi connectivity index (χ2v) is 4.08. The highest BCUT2D eigenvalue weighted by atomic mass is 32.2. The molecular formula is C9H10N2O2S. The number of aromatic nitrogens is 2. The lowest BCUT2D eigenvalue weighted by Crippen LogP contribution is -1.94. The molecule has 0 bridgehead atoms. The Balaban J connectivity index is 2.46. The van der Waals surface area contributed by atoms with E-state index >= 15 is 0 Å². The number of hydrogen-bond acceptors (Lipinski definition) is 2. The minimum atomic E-state index is -1.80. The van der Waals surface area contributed by atoms with E-state index < -0.39 is 11.1 Å². The summed E-state index contributed by atoms with van der Waals surface area (Å²) in [7, 11) is 1.92. The summed E-state index contributed by atoms with van der Waals surface area (Å²) in [5.74, 6) is 0.137. The molecule has 74 valence electrons. The number of nitrogens with zero attached hydrogens (tertiary/aromatic N) is 2. The van der Waals surface area contributed by atoms with Crippen LogP contribution >= 0.6 is 0 Å². The van der Waals surface area contributed by atoms with Crippen molar-refractivity contribution in [1.82, 2.24) is 9.55 Å². The molecule has 0 aliphatic rings. The highest BCUT2D eigenvalue weighted by molar-refractivity contribution is 7.78. The first-order valence-electron chi connectivity index (χ1n) is 4.14. The number of aryl methyl sites for hydroxylation is 1. The average molecular weight is 210 g/mol. The molecule has 0 radical (unpaired) electrons. The third-order valence-corrected chi connectivity index (χ3v) is 2.63. The molecule has 0 aromatic carbocycles. The Hall–Kier alpha value is -1.20. The molecule has 0 fully saturated rings. The second kappa shape index (κ2) is 3.51. The van der Waals surface area contributed by atoms with Crippen molar-refractivity contribution in [2.75, 3.05) is 0 Å². The van der Waals surface area contributed by atoms with Gasteiger partial charge in [0, 0.05) is 24.8 Å². The quantitative estimate of drug-likeness (QED) is 0.760. The third kappa shape index (κ3) is 1.69. The molecule has 1 unspecified atom stereocenters.